The standard InChI is InChI=1S/C12H21NO4/c1-4-13(9-10(14)16-5-2)11(15)12(3)7-6-8-17-12/h4-9H2,1-3H3. The van der Waals surface area contributed by atoms with Crippen molar-refractivity contribution >= 4 is 11.9 Å². The second-order valence-corrected chi connectivity index (χ2v) is 4.31. The van der Waals surface area contributed by atoms with Gasteiger partial charge in [0.2, 0.25) is 0 Å². The highest BCUT2D eigenvalue weighted by Crippen LogP contribution is 2.27. The Hall–Kier alpha value is -1.10. The van der Waals surface area contributed by atoms with Gasteiger partial charge in [-0.25, -0.2) is 0 Å². The van der Waals surface area contributed by atoms with Crippen LogP contribution in [-0.2, 0) is 19.1 Å². The number of hydrogen-bond acceptors (Lipinski definition) is 4. The smallest absolute Gasteiger partial charge is 0.325 e. The number of carbonyl (C=O) groups is 2. The van der Waals surface area contributed by atoms with E-state index in [4.69, 9.17) is 9.47 Å². The van der Waals surface area contributed by atoms with E-state index in [9.17, 15) is 9.59 Å². The molecule has 0 aromatic heterocycles. The van der Waals surface area contributed by atoms with E-state index in [-0.39, 0.29) is 18.4 Å². The molecule has 1 heterocycles. The summed E-state index contributed by atoms with van der Waals surface area (Å²) in [4.78, 5) is 25.1. The summed E-state index contributed by atoms with van der Waals surface area (Å²) < 4.78 is 10.3. The third kappa shape index (κ3) is 3.43. The molecule has 5 nitrogen and oxygen atoms in total. The zero-order valence-corrected chi connectivity index (χ0v) is 10.8. The zero-order chi connectivity index (χ0) is 12.9. The van der Waals surface area contributed by atoms with Crippen molar-refractivity contribution in [2.24, 2.45) is 0 Å². The van der Waals surface area contributed by atoms with E-state index in [1.807, 2.05) is 6.92 Å². The van der Waals surface area contributed by atoms with Gasteiger partial charge in [0, 0.05) is 13.2 Å². The molecule has 1 aliphatic rings. The predicted octanol–water partition coefficient (Wildman–Crippen LogP) is 0.967. The molecule has 0 saturated carbocycles. The SMILES string of the molecule is CCOC(=O)CN(CC)C(=O)C1(C)CCCO1. The van der Waals surface area contributed by atoms with E-state index in [1.54, 1.807) is 13.8 Å². The second-order valence-electron chi connectivity index (χ2n) is 4.31. The Bertz CT molecular complexity index is 284. The van der Waals surface area contributed by atoms with E-state index in [1.165, 1.54) is 4.90 Å². The van der Waals surface area contributed by atoms with Crippen LogP contribution in [0.5, 0.6) is 0 Å². The van der Waals surface area contributed by atoms with Gasteiger partial charge in [0.05, 0.1) is 6.61 Å². The molecule has 0 aromatic carbocycles. The number of carbonyl (C=O) groups excluding carboxylic acids is 2. The summed E-state index contributed by atoms with van der Waals surface area (Å²) in [6.45, 7) is 6.80. The average Bonchev–Trinajstić information content (AvgIpc) is 2.74. The molecule has 0 radical (unpaired) electrons. The molecule has 0 N–H and O–H groups in total. The van der Waals surface area contributed by atoms with Crippen molar-refractivity contribution < 1.29 is 19.1 Å². The van der Waals surface area contributed by atoms with Crippen molar-refractivity contribution in [1.29, 1.82) is 0 Å². The fraction of sp³-hybridized carbons (Fsp3) is 0.833. The molecule has 1 aliphatic heterocycles. The Morgan fingerprint density at radius 1 is 1.41 bits per heavy atom. The van der Waals surface area contributed by atoms with Gasteiger partial charge in [-0.1, -0.05) is 0 Å². The number of likely N-dealkylation sites (N-methyl/N-ethyl adjacent to an activating group) is 1. The number of nitrogens with zero attached hydrogens (tertiary/aromatic N) is 1. The Balaban J connectivity index is 2.60. The molecule has 1 rings (SSSR count). The Kier molecular flexibility index (Phi) is 4.93. The van der Waals surface area contributed by atoms with Crippen LogP contribution >= 0.6 is 0 Å². The minimum absolute atomic E-state index is 0.00211. The number of amides is 1. The van der Waals surface area contributed by atoms with Gasteiger partial charge in [0.15, 0.2) is 0 Å². The molecule has 98 valence electrons. The molecule has 1 unspecified atom stereocenters. The van der Waals surface area contributed by atoms with Crippen molar-refractivity contribution in [2.75, 3.05) is 26.3 Å². The summed E-state index contributed by atoms with van der Waals surface area (Å²) in [6.07, 6.45) is 1.60. The van der Waals surface area contributed by atoms with E-state index in [0.29, 0.717) is 26.2 Å². The minimum Gasteiger partial charge on any atom is -0.465 e. The molecule has 0 aliphatic carbocycles. The molecule has 1 fully saturated rings. The van der Waals surface area contributed by atoms with Gasteiger partial charge >= 0.3 is 5.97 Å². The minimum atomic E-state index is -0.761. The number of rotatable bonds is 5. The van der Waals surface area contributed by atoms with E-state index >= 15 is 0 Å². The van der Waals surface area contributed by atoms with Crippen LogP contribution in [0, 0.1) is 0 Å². The quantitative estimate of drug-likeness (QED) is 0.675. The van der Waals surface area contributed by atoms with E-state index < -0.39 is 5.60 Å². The highest BCUT2D eigenvalue weighted by atomic mass is 16.5. The molecular formula is C12H21NO4. The second kappa shape index (κ2) is 6.00. The number of esters is 1. The monoisotopic (exact) mass is 243 g/mol. The molecule has 1 amide bonds. The Morgan fingerprint density at radius 2 is 2.12 bits per heavy atom. The van der Waals surface area contributed by atoms with Crippen LogP contribution in [0.3, 0.4) is 0 Å². The summed E-state index contributed by atoms with van der Waals surface area (Å²) >= 11 is 0. The van der Waals surface area contributed by atoms with Crippen molar-refractivity contribution in [3.63, 3.8) is 0 Å². The van der Waals surface area contributed by atoms with Gasteiger partial charge in [-0.3, -0.25) is 9.59 Å². The summed E-state index contributed by atoms with van der Waals surface area (Å²) in [5.74, 6) is -0.491. The summed E-state index contributed by atoms with van der Waals surface area (Å²) in [6, 6.07) is 0. The van der Waals surface area contributed by atoms with Gasteiger partial charge < -0.3 is 14.4 Å². The molecule has 5 heteroatoms. The first-order valence-corrected chi connectivity index (χ1v) is 6.12. The molecule has 1 saturated heterocycles. The van der Waals surface area contributed by atoms with Crippen molar-refractivity contribution in [3.05, 3.63) is 0 Å². The van der Waals surface area contributed by atoms with Crippen LogP contribution in [0.4, 0.5) is 0 Å². The van der Waals surface area contributed by atoms with Crippen LogP contribution in [0.25, 0.3) is 0 Å². The first kappa shape index (κ1) is 14.0. The maximum absolute atomic E-state index is 12.2. The van der Waals surface area contributed by atoms with Crippen molar-refractivity contribution in [3.8, 4) is 0 Å². The highest BCUT2D eigenvalue weighted by Gasteiger charge is 2.40. The predicted molar refractivity (Wildman–Crippen MR) is 62.5 cm³/mol. The number of ether oxygens (including phenoxy) is 2. The lowest BCUT2D eigenvalue weighted by Gasteiger charge is -2.29. The Morgan fingerprint density at radius 3 is 2.59 bits per heavy atom. The lowest BCUT2D eigenvalue weighted by molar-refractivity contribution is -0.157. The lowest BCUT2D eigenvalue weighted by atomic mass is 10.0. The number of hydrogen-bond donors (Lipinski definition) is 0. The fourth-order valence-electron chi connectivity index (χ4n) is 1.97. The van der Waals surface area contributed by atoms with Gasteiger partial charge in [-0.15, -0.1) is 0 Å². The first-order valence-electron chi connectivity index (χ1n) is 6.12. The van der Waals surface area contributed by atoms with Crippen LogP contribution in [0.2, 0.25) is 0 Å². The molecule has 0 aromatic rings. The van der Waals surface area contributed by atoms with Crippen molar-refractivity contribution in [2.45, 2.75) is 39.2 Å². The van der Waals surface area contributed by atoms with Gasteiger partial charge in [0.1, 0.15) is 12.1 Å². The van der Waals surface area contributed by atoms with Gasteiger partial charge in [-0.2, -0.15) is 0 Å². The van der Waals surface area contributed by atoms with Crippen molar-refractivity contribution in [1.82, 2.24) is 4.90 Å². The van der Waals surface area contributed by atoms with Gasteiger partial charge in [-0.05, 0) is 33.6 Å². The molecular weight excluding hydrogens is 222 g/mol. The van der Waals surface area contributed by atoms with E-state index in [2.05, 4.69) is 0 Å². The third-order valence-electron chi connectivity index (χ3n) is 2.97. The molecule has 1 atom stereocenters. The van der Waals surface area contributed by atoms with Crippen LogP contribution in [0.1, 0.15) is 33.6 Å². The Labute approximate surface area is 102 Å². The molecule has 17 heavy (non-hydrogen) atoms. The largest absolute Gasteiger partial charge is 0.465 e. The molecule has 0 spiro atoms. The lowest BCUT2D eigenvalue weighted by Crippen LogP contribution is -2.48. The maximum Gasteiger partial charge on any atom is 0.325 e. The summed E-state index contributed by atoms with van der Waals surface area (Å²) in [5, 5.41) is 0. The highest BCUT2D eigenvalue weighted by molar-refractivity contribution is 5.88. The topological polar surface area (TPSA) is 55.8 Å². The van der Waals surface area contributed by atoms with E-state index in [0.717, 1.165) is 6.42 Å². The summed E-state index contributed by atoms with van der Waals surface area (Å²) in [5.41, 5.74) is -0.761. The van der Waals surface area contributed by atoms with Crippen LogP contribution in [0.15, 0.2) is 0 Å². The normalized spacial score (nSPS) is 23.5. The maximum atomic E-state index is 12.2. The fourth-order valence-corrected chi connectivity index (χ4v) is 1.97. The zero-order valence-electron chi connectivity index (χ0n) is 10.8. The first-order chi connectivity index (χ1) is 8.03. The molecule has 0 bridgehead atoms. The summed E-state index contributed by atoms with van der Waals surface area (Å²) in [7, 11) is 0. The average molecular weight is 243 g/mol. The van der Waals surface area contributed by atoms with Crippen LogP contribution in [-0.4, -0.2) is 48.7 Å². The van der Waals surface area contributed by atoms with Crippen LogP contribution < -0.4 is 0 Å². The third-order valence-corrected chi connectivity index (χ3v) is 2.97. The van der Waals surface area contributed by atoms with Gasteiger partial charge in [0.25, 0.3) is 5.91 Å².